The first-order valence-electron chi connectivity index (χ1n) is 7.61. The highest BCUT2D eigenvalue weighted by molar-refractivity contribution is 9.10. The molecule has 0 aliphatic carbocycles. The smallest absolute Gasteiger partial charge is 0.319 e. The highest BCUT2D eigenvalue weighted by Gasteiger charge is 2.11. The normalized spacial score (nSPS) is 10.2. The molecule has 7 nitrogen and oxygen atoms in total. The second-order valence-electron chi connectivity index (χ2n) is 5.39. The van der Waals surface area contributed by atoms with Crippen molar-refractivity contribution in [3.05, 3.63) is 62.5 Å². The predicted molar refractivity (Wildman–Crippen MR) is 99.5 cm³/mol. The van der Waals surface area contributed by atoms with Gasteiger partial charge in [-0.05, 0) is 36.8 Å². The van der Waals surface area contributed by atoms with Crippen molar-refractivity contribution in [2.45, 2.75) is 20.0 Å². The number of pyridine rings is 1. The monoisotopic (exact) mass is 406 g/mol. The first-order valence-corrected chi connectivity index (χ1v) is 8.40. The van der Waals surface area contributed by atoms with E-state index in [1.807, 2.05) is 24.3 Å². The summed E-state index contributed by atoms with van der Waals surface area (Å²) in [6.07, 6.45) is 0. The van der Waals surface area contributed by atoms with Crippen molar-refractivity contribution >= 4 is 33.6 Å². The van der Waals surface area contributed by atoms with Crippen molar-refractivity contribution in [2.24, 2.45) is 0 Å². The number of urea groups is 1. The van der Waals surface area contributed by atoms with Crippen molar-refractivity contribution in [1.29, 1.82) is 0 Å². The second kappa shape index (κ2) is 8.48. The molecular weight excluding hydrogens is 388 g/mol. The van der Waals surface area contributed by atoms with Crippen LogP contribution in [0.15, 0.2) is 45.7 Å². The maximum absolute atomic E-state index is 12.4. The van der Waals surface area contributed by atoms with E-state index in [0.717, 1.165) is 10.0 Å². The van der Waals surface area contributed by atoms with Crippen molar-refractivity contribution in [3.8, 4) is 0 Å². The van der Waals surface area contributed by atoms with Crippen LogP contribution in [-0.2, 0) is 17.9 Å². The molecule has 0 atom stereocenters. The lowest BCUT2D eigenvalue weighted by atomic mass is 10.2. The molecule has 3 amide bonds. The van der Waals surface area contributed by atoms with Crippen LogP contribution >= 0.6 is 15.9 Å². The highest BCUT2D eigenvalue weighted by Crippen LogP contribution is 2.10. The molecule has 25 heavy (non-hydrogen) atoms. The van der Waals surface area contributed by atoms with E-state index in [0.29, 0.717) is 12.2 Å². The molecule has 0 unspecified atom stereocenters. The highest BCUT2D eigenvalue weighted by atomic mass is 79.9. The molecule has 2 aromatic rings. The number of halogens is 1. The van der Waals surface area contributed by atoms with E-state index in [-0.39, 0.29) is 18.1 Å². The van der Waals surface area contributed by atoms with Gasteiger partial charge < -0.3 is 20.5 Å². The van der Waals surface area contributed by atoms with Gasteiger partial charge >= 0.3 is 6.03 Å². The van der Waals surface area contributed by atoms with E-state index < -0.39 is 11.6 Å². The Morgan fingerprint density at radius 3 is 2.44 bits per heavy atom. The molecule has 8 heteroatoms. The zero-order chi connectivity index (χ0) is 18.4. The zero-order valence-corrected chi connectivity index (χ0v) is 15.5. The average Bonchev–Trinajstić information content (AvgIpc) is 2.60. The summed E-state index contributed by atoms with van der Waals surface area (Å²) < 4.78 is 2.28. The van der Waals surface area contributed by atoms with E-state index in [9.17, 15) is 14.4 Å². The standard InChI is InChI=1S/C17H19BrN4O3/c1-11-3-8-14(21-17(25)19-2)16(24)22(11)10-15(23)20-9-12-4-6-13(18)7-5-12/h3-8H,9-10H2,1-2H3,(H,20,23)(H2,19,21,25). The van der Waals surface area contributed by atoms with Gasteiger partial charge in [0.15, 0.2) is 0 Å². The molecule has 0 bridgehead atoms. The minimum atomic E-state index is -0.493. The number of anilines is 1. The molecule has 1 heterocycles. The van der Waals surface area contributed by atoms with Gasteiger partial charge in [0, 0.05) is 23.8 Å². The fourth-order valence-corrected chi connectivity index (χ4v) is 2.41. The fourth-order valence-electron chi connectivity index (χ4n) is 2.15. The summed E-state index contributed by atoms with van der Waals surface area (Å²) in [5.41, 5.74) is 1.27. The third-order valence-corrected chi connectivity index (χ3v) is 4.10. The summed E-state index contributed by atoms with van der Waals surface area (Å²) in [6.45, 7) is 1.98. The van der Waals surface area contributed by atoms with Gasteiger partial charge in [0.2, 0.25) is 5.91 Å². The number of aryl methyl sites for hydroxylation is 1. The van der Waals surface area contributed by atoms with Crippen LogP contribution in [0.5, 0.6) is 0 Å². The van der Waals surface area contributed by atoms with Gasteiger partial charge in [-0.1, -0.05) is 28.1 Å². The first-order chi connectivity index (χ1) is 11.9. The lowest BCUT2D eigenvalue weighted by Gasteiger charge is -2.13. The summed E-state index contributed by atoms with van der Waals surface area (Å²) in [7, 11) is 1.46. The van der Waals surface area contributed by atoms with Crippen molar-refractivity contribution in [1.82, 2.24) is 15.2 Å². The largest absolute Gasteiger partial charge is 0.350 e. The van der Waals surface area contributed by atoms with Gasteiger partial charge in [0.05, 0.1) is 0 Å². The average molecular weight is 407 g/mol. The fraction of sp³-hybridized carbons (Fsp3) is 0.235. The van der Waals surface area contributed by atoms with E-state index in [1.165, 1.54) is 17.7 Å². The summed E-state index contributed by atoms with van der Waals surface area (Å²) in [5, 5.41) is 7.60. The number of nitrogens with one attached hydrogen (secondary N) is 3. The Hall–Kier alpha value is -2.61. The molecule has 0 radical (unpaired) electrons. The van der Waals surface area contributed by atoms with Crippen molar-refractivity contribution in [2.75, 3.05) is 12.4 Å². The number of rotatable bonds is 5. The van der Waals surface area contributed by atoms with Crippen LogP contribution in [-0.4, -0.2) is 23.6 Å². The molecule has 2 rings (SSSR count). The summed E-state index contributed by atoms with van der Waals surface area (Å²) >= 11 is 3.35. The number of nitrogens with zero attached hydrogens (tertiary/aromatic N) is 1. The number of carbonyl (C=O) groups excluding carboxylic acids is 2. The molecule has 0 spiro atoms. The maximum Gasteiger partial charge on any atom is 0.319 e. The molecule has 0 saturated heterocycles. The zero-order valence-electron chi connectivity index (χ0n) is 13.9. The van der Waals surface area contributed by atoms with Crippen LogP contribution in [0.4, 0.5) is 10.5 Å². The number of aromatic nitrogens is 1. The third kappa shape index (κ3) is 5.18. The van der Waals surface area contributed by atoms with Gasteiger partial charge in [0.25, 0.3) is 5.56 Å². The van der Waals surface area contributed by atoms with Crippen LogP contribution in [0, 0.1) is 6.92 Å². The van der Waals surface area contributed by atoms with Gasteiger partial charge in [-0.2, -0.15) is 0 Å². The van der Waals surface area contributed by atoms with E-state index in [1.54, 1.807) is 13.0 Å². The summed E-state index contributed by atoms with van der Waals surface area (Å²) in [4.78, 5) is 36.0. The van der Waals surface area contributed by atoms with Gasteiger partial charge in [-0.3, -0.25) is 9.59 Å². The van der Waals surface area contributed by atoms with Gasteiger partial charge in [-0.15, -0.1) is 0 Å². The molecule has 0 aliphatic rings. The minimum absolute atomic E-state index is 0.116. The maximum atomic E-state index is 12.4. The molecule has 3 N–H and O–H groups in total. The molecular formula is C17H19BrN4O3. The molecule has 1 aromatic carbocycles. The van der Waals surface area contributed by atoms with Crippen molar-refractivity contribution < 1.29 is 9.59 Å². The molecule has 0 fully saturated rings. The van der Waals surface area contributed by atoms with E-state index >= 15 is 0 Å². The Labute approximate surface area is 153 Å². The van der Waals surface area contributed by atoms with E-state index in [2.05, 4.69) is 31.9 Å². The third-order valence-electron chi connectivity index (χ3n) is 3.57. The number of carbonyl (C=O) groups is 2. The second-order valence-corrected chi connectivity index (χ2v) is 6.30. The van der Waals surface area contributed by atoms with Crippen LogP contribution < -0.4 is 21.5 Å². The lowest BCUT2D eigenvalue weighted by Crippen LogP contribution is -2.35. The quantitative estimate of drug-likeness (QED) is 0.708. The summed E-state index contributed by atoms with van der Waals surface area (Å²) in [6, 6.07) is 10.3. The molecule has 132 valence electrons. The Balaban J connectivity index is 2.06. The Bertz CT molecular complexity index is 831. The molecule has 1 aromatic heterocycles. The Morgan fingerprint density at radius 2 is 1.80 bits per heavy atom. The van der Waals surface area contributed by atoms with Crippen LogP contribution in [0.3, 0.4) is 0 Å². The number of amides is 3. The van der Waals surface area contributed by atoms with Crippen LogP contribution in [0.1, 0.15) is 11.3 Å². The van der Waals surface area contributed by atoms with Crippen LogP contribution in [0.25, 0.3) is 0 Å². The Morgan fingerprint density at radius 1 is 1.12 bits per heavy atom. The lowest BCUT2D eigenvalue weighted by molar-refractivity contribution is -0.121. The van der Waals surface area contributed by atoms with Gasteiger partial charge in [0.1, 0.15) is 12.2 Å². The minimum Gasteiger partial charge on any atom is -0.350 e. The summed E-state index contributed by atoms with van der Waals surface area (Å²) in [5.74, 6) is -0.287. The first kappa shape index (κ1) is 18.7. The van der Waals surface area contributed by atoms with Gasteiger partial charge in [-0.25, -0.2) is 4.79 Å². The number of benzene rings is 1. The number of hydrogen-bond donors (Lipinski definition) is 3. The van der Waals surface area contributed by atoms with Crippen LogP contribution in [0.2, 0.25) is 0 Å². The van der Waals surface area contributed by atoms with E-state index in [4.69, 9.17) is 0 Å². The molecule has 0 aliphatic heterocycles. The Kier molecular flexibility index (Phi) is 6.35. The van der Waals surface area contributed by atoms with Crippen molar-refractivity contribution in [3.63, 3.8) is 0 Å². The number of hydrogen-bond acceptors (Lipinski definition) is 3. The predicted octanol–water partition coefficient (Wildman–Crippen LogP) is 1.99. The SMILES string of the molecule is CNC(=O)Nc1ccc(C)n(CC(=O)NCc2ccc(Br)cc2)c1=O. The molecule has 0 saturated carbocycles. The topological polar surface area (TPSA) is 92.2 Å².